The zero-order valence-corrected chi connectivity index (χ0v) is 10.3. The summed E-state index contributed by atoms with van der Waals surface area (Å²) in [7, 11) is 0. The van der Waals surface area contributed by atoms with Crippen LogP contribution in [0.2, 0.25) is 0 Å². The number of hydrogen-bond acceptors (Lipinski definition) is 1. The molecule has 0 aliphatic rings. The Kier molecular flexibility index (Phi) is 3.43. The van der Waals surface area contributed by atoms with Crippen molar-refractivity contribution in [3.05, 3.63) is 59.9 Å². The summed E-state index contributed by atoms with van der Waals surface area (Å²) in [6.45, 7) is 5.17. The number of aromatic hydroxyl groups is 1. The summed E-state index contributed by atoms with van der Waals surface area (Å²) in [5.74, 6) is 0.865. The lowest BCUT2D eigenvalue weighted by Crippen LogP contribution is -2.32. The van der Waals surface area contributed by atoms with Crippen LogP contribution in [0.5, 0.6) is 5.75 Å². The van der Waals surface area contributed by atoms with Crippen LogP contribution in [-0.4, -0.2) is 5.11 Å². The molecule has 0 aliphatic carbocycles. The molecule has 2 aromatic rings. The third-order valence-corrected chi connectivity index (χ3v) is 2.85. The number of pyridine rings is 1. The average Bonchev–Trinajstić information content (AvgIpc) is 2.29. The normalized spacial score (nSPS) is 10.8. The molecule has 1 aromatic heterocycles. The predicted octanol–water partition coefficient (Wildman–Crippen LogP) is 2.85. The number of aromatic nitrogens is 1. The first-order chi connectivity index (χ1) is 8.15. The maximum atomic E-state index is 9.39. The molecule has 2 heteroatoms. The van der Waals surface area contributed by atoms with E-state index in [0.29, 0.717) is 11.7 Å². The van der Waals surface area contributed by atoms with E-state index in [1.54, 1.807) is 12.3 Å². The minimum atomic E-state index is 0.298. The summed E-state index contributed by atoms with van der Waals surface area (Å²) in [5.41, 5.74) is 2.60. The minimum Gasteiger partial charge on any atom is -0.503 e. The number of nitrogens with zero attached hydrogens (tertiary/aromatic N) is 1. The van der Waals surface area contributed by atoms with Gasteiger partial charge >= 0.3 is 0 Å². The zero-order valence-electron chi connectivity index (χ0n) is 10.3. The second-order valence-corrected chi connectivity index (χ2v) is 4.63. The fourth-order valence-corrected chi connectivity index (χ4v) is 1.83. The van der Waals surface area contributed by atoms with Gasteiger partial charge in [0.2, 0.25) is 6.20 Å². The predicted molar refractivity (Wildman–Crippen MR) is 67.9 cm³/mol. The Hall–Kier alpha value is -1.83. The molecule has 1 heterocycles. The van der Waals surface area contributed by atoms with Crippen molar-refractivity contribution in [2.75, 3.05) is 0 Å². The molecule has 0 amide bonds. The van der Waals surface area contributed by atoms with Crippen LogP contribution < -0.4 is 4.57 Å². The molecule has 0 radical (unpaired) electrons. The molecule has 0 unspecified atom stereocenters. The van der Waals surface area contributed by atoms with Gasteiger partial charge in [0, 0.05) is 11.6 Å². The molecule has 0 saturated heterocycles. The van der Waals surface area contributed by atoms with Gasteiger partial charge < -0.3 is 5.11 Å². The monoisotopic (exact) mass is 228 g/mol. The lowest BCUT2D eigenvalue weighted by molar-refractivity contribution is -0.688. The van der Waals surface area contributed by atoms with E-state index in [4.69, 9.17) is 0 Å². The summed E-state index contributed by atoms with van der Waals surface area (Å²) in [5, 5.41) is 9.39. The van der Waals surface area contributed by atoms with Crippen molar-refractivity contribution in [3.8, 4) is 5.75 Å². The highest BCUT2D eigenvalue weighted by molar-refractivity contribution is 5.24. The highest BCUT2D eigenvalue weighted by Crippen LogP contribution is 2.14. The van der Waals surface area contributed by atoms with E-state index in [-0.39, 0.29) is 0 Å². The van der Waals surface area contributed by atoms with Gasteiger partial charge in [0.15, 0.2) is 18.5 Å². The lowest BCUT2D eigenvalue weighted by Gasteiger charge is -2.05. The van der Waals surface area contributed by atoms with Crippen molar-refractivity contribution in [2.45, 2.75) is 26.3 Å². The summed E-state index contributed by atoms with van der Waals surface area (Å²) < 4.78 is 1.97. The van der Waals surface area contributed by atoms with Crippen LogP contribution in [0.25, 0.3) is 0 Å². The molecule has 1 N–H and O–H groups in total. The van der Waals surface area contributed by atoms with Crippen LogP contribution in [-0.2, 0) is 6.54 Å². The van der Waals surface area contributed by atoms with Crippen LogP contribution in [0.1, 0.15) is 30.9 Å². The van der Waals surface area contributed by atoms with Gasteiger partial charge in [-0.1, -0.05) is 38.1 Å². The number of benzene rings is 1. The van der Waals surface area contributed by atoms with Crippen molar-refractivity contribution in [1.29, 1.82) is 0 Å². The van der Waals surface area contributed by atoms with Gasteiger partial charge in [-0.05, 0) is 17.5 Å². The topological polar surface area (TPSA) is 24.1 Å². The highest BCUT2D eigenvalue weighted by Gasteiger charge is 2.04. The van der Waals surface area contributed by atoms with E-state index in [2.05, 4.69) is 38.1 Å². The van der Waals surface area contributed by atoms with Gasteiger partial charge in [-0.2, -0.15) is 4.57 Å². The Morgan fingerprint density at radius 1 is 1.12 bits per heavy atom. The van der Waals surface area contributed by atoms with Gasteiger partial charge in [0.05, 0.1) is 0 Å². The Balaban J connectivity index is 2.14. The van der Waals surface area contributed by atoms with E-state index in [0.717, 1.165) is 6.54 Å². The van der Waals surface area contributed by atoms with Crippen molar-refractivity contribution >= 4 is 0 Å². The van der Waals surface area contributed by atoms with Crippen LogP contribution in [0.3, 0.4) is 0 Å². The molecule has 0 atom stereocenters. The summed E-state index contributed by atoms with van der Waals surface area (Å²) >= 11 is 0. The molecule has 0 fully saturated rings. The standard InChI is InChI=1S/C15H17NO/c1-12(2)14-7-5-13(6-8-14)10-16-9-3-4-15(17)11-16/h3-9,11-12H,10H2,1-2H3/p+1. The van der Waals surface area contributed by atoms with Crippen LogP contribution in [0, 0.1) is 0 Å². The number of hydrogen-bond donors (Lipinski definition) is 1. The molecule has 0 aliphatic heterocycles. The maximum Gasteiger partial charge on any atom is 0.211 e. The van der Waals surface area contributed by atoms with Gasteiger partial charge in [-0.3, -0.25) is 0 Å². The molecule has 0 saturated carbocycles. The molecular formula is C15H18NO+. The third-order valence-electron chi connectivity index (χ3n) is 2.85. The Morgan fingerprint density at radius 3 is 2.41 bits per heavy atom. The molecule has 0 spiro atoms. The SMILES string of the molecule is CC(C)c1ccc(C[n+]2cccc(O)c2)cc1. The molecule has 2 nitrogen and oxygen atoms in total. The fourth-order valence-electron chi connectivity index (χ4n) is 1.83. The molecule has 0 bridgehead atoms. The van der Waals surface area contributed by atoms with Gasteiger partial charge in [-0.15, -0.1) is 0 Å². The first-order valence-electron chi connectivity index (χ1n) is 5.92. The second-order valence-electron chi connectivity index (χ2n) is 4.63. The third kappa shape index (κ3) is 3.06. The second kappa shape index (κ2) is 5.00. The van der Waals surface area contributed by atoms with Crippen LogP contribution in [0.4, 0.5) is 0 Å². The van der Waals surface area contributed by atoms with E-state index in [9.17, 15) is 5.11 Å². The summed E-state index contributed by atoms with van der Waals surface area (Å²) in [6, 6.07) is 12.2. The Morgan fingerprint density at radius 2 is 1.82 bits per heavy atom. The van der Waals surface area contributed by atoms with Gasteiger partial charge in [0.25, 0.3) is 0 Å². The summed E-state index contributed by atoms with van der Waals surface area (Å²) in [6.07, 6.45) is 3.69. The van der Waals surface area contributed by atoms with E-state index in [1.807, 2.05) is 16.8 Å². The van der Waals surface area contributed by atoms with Crippen molar-refractivity contribution in [1.82, 2.24) is 0 Å². The van der Waals surface area contributed by atoms with Crippen LogP contribution in [0.15, 0.2) is 48.8 Å². The fraction of sp³-hybridized carbons (Fsp3) is 0.267. The Bertz CT molecular complexity index is 489. The molecule has 17 heavy (non-hydrogen) atoms. The smallest absolute Gasteiger partial charge is 0.211 e. The first kappa shape index (κ1) is 11.6. The average molecular weight is 228 g/mol. The molecule has 88 valence electrons. The molecular weight excluding hydrogens is 210 g/mol. The van der Waals surface area contributed by atoms with Gasteiger partial charge in [0.1, 0.15) is 0 Å². The molecule has 2 rings (SSSR count). The minimum absolute atomic E-state index is 0.298. The van der Waals surface area contributed by atoms with E-state index in [1.165, 1.54) is 11.1 Å². The highest BCUT2D eigenvalue weighted by atomic mass is 16.3. The summed E-state index contributed by atoms with van der Waals surface area (Å²) in [4.78, 5) is 0. The first-order valence-corrected chi connectivity index (χ1v) is 5.92. The van der Waals surface area contributed by atoms with Gasteiger partial charge in [-0.25, -0.2) is 0 Å². The molecule has 1 aromatic carbocycles. The largest absolute Gasteiger partial charge is 0.503 e. The zero-order chi connectivity index (χ0) is 12.3. The van der Waals surface area contributed by atoms with E-state index >= 15 is 0 Å². The van der Waals surface area contributed by atoms with Crippen LogP contribution >= 0.6 is 0 Å². The Labute approximate surface area is 102 Å². The van der Waals surface area contributed by atoms with E-state index < -0.39 is 0 Å². The van der Waals surface area contributed by atoms with Crippen molar-refractivity contribution in [3.63, 3.8) is 0 Å². The van der Waals surface area contributed by atoms with Crippen molar-refractivity contribution < 1.29 is 9.67 Å². The van der Waals surface area contributed by atoms with Crippen molar-refractivity contribution in [2.24, 2.45) is 0 Å². The number of rotatable bonds is 3. The maximum absolute atomic E-state index is 9.39. The quantitative estimate of drug-likeness (QED) is 0.802. The lowest BCUT2D eigenvalue weighted by atomic mass is 10.0.